The molecule has 0 atom stereocenters. The van der Waals surface area contributed by atoms with E-state index in [1.54, 1.807) is 17.7 Å². The van der Waals surface area contributed by atoms with Crippen LogP contribution in [0.2, 0.25) is 5.02 Å². The van der Waals surface area contributed by atoms with Crippen molar-refractivity contribution in [2.45, 2.75) is 13.3 Å². The molecule has 2 aromatic rings. The summed E-state index contributed by atoms with van der Waals surface area (Å²) < 4.78 is 1.61. The molecule has 0 aliphatic heterocycles. The molecular weight excluding hydrogens is 236 g/mol. The molecule has 0 aliphatic rings. The largest absolute Gasteiger partial charge is 0.330 e. The second-order valence-corrected chi connectivity index (χ2v) is 4.55. The highest BCUT2D eigenvalue weighted by atomic mass is 35.5. The smallest absolute Gasteiger partial charge is 0.254 e. The molecule has 2 rings (SSSR count). The van der Waals surface area contributed by atoms with Gasteiger partial charge in [-0.3, -0.25) is 4.79 Å². The van der Waals surface area contributed by atoms with Crippen molar-refractivity contribution in [3.8, 4) is 0 Å². The first-order chi connectivity index (χ1) is 8.07. The van der Waals surface area contributed by atoms with Gasteiger partial charge in [0.25, 0.3) is 5.56 Å². The summed E-state index contributed by atoms with van der Waals surface area (Å²) in [6.45, 7) is 2.42. The van der Waals surface area contributed by atoms with Crippen molar-refractivity contribution in [3.05, 3.63) is 44.7 Å². The third kappa shape index (κ3) is 1.85. The molecule has 2 N–H and O–H groups in total. The molecule has 4 heteroatoms. The molecule has 1 aromatic carbocycles. The SMILES string of the molecule is Cc1c(CCN)c(=O)n(C)c2c(Cl)cccc12. The summed E-state index contributed by atoms with van der Waals surface area (Å²) in [5.74, 6) is 0. The molecule has 0 aliphatic carbocycles. The molecule has 1 heterocycles. The second-order valence-electron chi connectivity index (χ2n) is 4.14. The first-order valence-electron chi connectivity index (χ1n) is 5.54. The van der Waals surface area contributed by atoms with Crippen molar-refractivity contribution in [3.63, 3.8) is 0 Å². The average Bonchev–Trinajstić information content (AvgIpc) is 2.31. The highest BCUT2D eigenvalue weighted by Crippen LogP contribution is 2.25. The number of nitrogens with two attached hydrogens (primary N) is 1. The maximum atomic E-state index is 12.2. The summed E-state index contributed by atoms with van der Waals surface area (Å²) in [6.07, 6.45) is 0.598. The monoisotopic (exact) mass is 250 g/mol. The van der Waals surface area contributed by atoms with Crippen LogP contribution in [0.5, 0.6) is 0 Å². The Kier molecular flexibility index (Phi) is 3.22. The minimum Gasteiger partial charge on any atom is -0.330 e. The van der Waals surface area contributed by atoms with E-state index in [2.05, 4.69) is 0 Å². The summed E-state index contributed by atoms with van der Waals surface area (Å²) in [5.41, 5.74) is 8.10. The van der Waals surface area contributed by atoms with Gasteiger partial charge in [0, 0.05) is 18.0 Å². The lowest BCUT2D eigenvalue weighted by molar-refractivity contribution is 0.849. The molecule has 17 heavy (non-hydrogen) atoms. The third-order valence-electron chi connectivity index (χ3n) is 3.14. The summed E-state index contributed by atoms with van der Waals surface area (Å²) in [5, 5.41) is 1.62. The molecule has 0 fully saturated rings. The van der Waals surface area contributed by atoms with E-state index in [0.717, 1.165) is 22.0 Å². The Balaban J connectivity index is 2.95. The molecule has 0 spiro atoms. The maximum absolute atomic E-state index is 12.2. The van der Waals surface area contributed by atoms with E-state index in [1.807, 2.05) is 19.1 Å². The predicted octanol–water partition coefficient (Wildman–Crippen LogP) is 2.00. The summed E-state index contributed by atoms with van der Waals surface area (Å²) in [6, 6.07) is 5.68. The molecule has 1 aromatic heterocycles. The Bertz CT molecular complexity index is 631. The first kappa shape index (κ1) is 12.1. The third-order valence-corrected chi connectivity index (χ3v) is 3.44. The number of benzene rings is 1. The van der Waals surface area contributed by atoms with Gasteiger partial charge in [-0.15, -0.1) is 0 Å². The fraction of sp³-hybridized carbons (Fsp3) is 0.308. The number of nitrogens with zero attached hydrogens (tertiary/aromatic N) is 1. The first-order valence-corrected chi connectivity index (χ1v) is 5.92. The molecule has 0 saturated carbocycles. The van der Waals surface area contributed by atoms with Crippen LogP contribution in [0.3, 0.4) is 0 Å². The van der Waals surface area contributed by atoms with Gasteiger partial charge in [-0.25, -0.2) is 0 Å². The quantitative estimate of drug-likeness (QED) is 0.886. The Labute approximate surface area is 105 Å². The van der Waals surface area contributed by atoms with Crippen LogP contribution in [-0.2, 0) is 13.5 Å². The molecule has 0 amide bonds. The fourth-order valence-electron chi connectivity index (χ4n) is 2.22. The number of para-hydroxylation sites is 1. The van der Waals surface area contributed by atoms with E-state index in [-0.39, 0.29) is 5.56 Å². The van der Waals surface area contributed by atoms with Crippen LogP contribution in [0, 0.1) is 6.92 Å². The van der Waals surface area contributed by atoms with Gasteiger partial charge >= 0.3 is 0 Å². The van der Waals surface area contributed by atoms with Crippen LogP contribution in [0.25, 0.3) is 10.9 Å². The fourth-order valence-corrected chi connectivity index (χ4v) is 2.53. The number of fused-ring (bicyclic) bond motifs is 1. The molecule has 0 bridgehead atoms. The highest BCUT2D eigenvalue weighted by Gasteiger charge is 2.12. The number of aryl methyl sites for hydroxylation is 2. The van der Waals surface area contributed by atoms with Crippen molar-refractivity contribution in [1.29, 1.82) is 0 Å². The van der Waals surface area contributed by atoms with Crippen molar-refractivity contribution in [2.24, 2.45) is 12.8 Å². The van der Waals surface area contributed by atoms with Gasteiger partial charge in [-0.2, -0.15) is 0 Å². The number of hydrogen-bond acceptors (Lipinski definition) is 2. The van der Waals surface area contributed by atoms with Crippen molar-refractivity contribution >= 4 is 22.5 Å². The van der Waals surface area contributed by atoms with E-state index >= 15 is 0 Å². The van der Waals surface area contributed by atoms with Gasteiger partial charge in [0.15, 0.2) is 0 Å². The Hall–Kier alpha value is -1.32. The zero-order valence-corrected chi connectivity index (χ0v) is 10.7. The number of hydrogen-bond donors (Lipinski definition) is 1. The lowest BCUT2D eigenvalue weighted by atomic mass is 10.0. The molecule has 90 valence electrons. The molecule has 0 radical (unpaired) electrons. The average molecular weight is 251 g/mol. The number of rotatable bonds is 2. The van der Waals surface area contributed by atoms with E-state index < -0.39 is 0 Å². The minimum atomic E-state index is -0.00597. The van der Waals surface area contributed by atoms with Crippen LogP contribution >= 0.6 is 11.6 Å². The summed E-state index contributed by atoms with van der Waals surface area (Å²) >= 11 is 6.15. The van der Waals surface area contributed by atoms with E-state index in [9.17, 15) is 4.79 Å². The standard InChI is InChI=1S/C13H15ClN2O/c1-8-9-4-3-5-11(14)12(9)16(2)13(17)10(8)6-7-15/h3-5H,6-7,15H2,1-2H3. The van der Waals surface area contributed by atoms with Crippen molar-refractivity contribution < 1.29 is 0 Å². The minimum absolute atomic E-state index is 0.00597. The molecular formula is C13H15ClN2O. The number of pyridine rings is 1. The zero-order chi connectivity index (χ0) is 12.6. The lowest BCUT2D eigenvalue weighted by Gasteiger charge is -2.13. The normalized spacial score (nSPS) is 11.1. The highest BCUT2D eigenvalue weighted by molar-refractivity contribution is 6.35. The van der Waals surface area contributed by atoms with Crippen LogP contribution in [0.15, 0.2) is 23.0 Å². The summed E-state index contributed by atoms with van der Waals surface area (Å²) in [7, 11) is 1.75. The van der Waals surface area contributed by atoms with Crippen LogP contribution in [0.1, 0.15) is 11.1 Å². The number of halogens is 1. The van der Waals surface area contributed by atoms with Crippen LogP contribution in [0.4, 0.5) is 0 Å². The van der Waals surface area contributed by atoms with Gasteiger partial charge in [-0.1, -0.05) is 23.7 Å². The van der Waals surface area contributed by atoms with Gasteiger partial charge in [-0.05, 0) is 31.5 Å². The topological polar surface area (TPSA) is 48.0 Å². The van der Waals surface area contributed by atoms with Crippen LogP contribution < -0.4 is 11.3 Å². The summed E-state index contributed by atoms with van der Waals surface area (Å²) in [4.78, 5) is 12.2. The second kappa shape index (κ2) is 4.51. The lowest BCUT2D eigenvalue weighted by Crippen LogP contribution is -2.25. The Morgan fingerprint density at radius 1 is 1.41 bits per heavy atom. The van der Waals surface area contributed by atoms with Crippen LogP contribution in [-0.4, -0.2) is 11.1 Å². The van der Waals surface area contributed by atoms with Crippen molar-refractivity contribution in [2.75, 3.05) is 6.54 Å². The van der Waals surface area contributed by atoms with Gasteiger partial charge in [0.05, 0.1) is 10.5 Å². The predicted molar refractivity (Wildman–Crippen MR) is 71.7 cm³/mol. The van der Waals surface area contributed by atoms with E-state index in [1.165, 1.54) is 0 Å². The zero-order valence-electron chi connectivity index (χ0n) is 9.96. The van der Waals surface area contributed by atoms with Gasteiger partial charge < -0.3 is 10.3 Å². The Morgan fingerprint density at radius 2 is 2.12 bits per heavy atom. The molecule has 0 unspecified atom stereocenters. The van der Waals surface area contributed by atoms with E-state index in [0.29, 0.717) is 18.0 Å². The maximum Gasteiger partial charge on any atom is 0.254 e. The number of aromatic nitrogens is 1. The van der Waals surface area contributed by atoms with Gasteiger partial charge in [0.1, 0.15) is 0 Å². The Morgan fingerprint density at radius 3 is 2.76 bits per heavy atom. The van der Waals surface area contributed by atoms with Gasteiger partial charge in [0.2, 0.25) is 0 Å². The molecule has 3 nitrogen and oxygen atoms in total. The van der Waals surface area contributed by atoms with Crippen molar-refractivity contribution in [1.82, 2.24) is 4.57 Å². The van der Waals surface area contributed by atoms with E-state index in [4.69, 9.17) is 17.3 Å². The molecule has 0 saturated heterocycles.